The molecule has 1 heterocycles. The fourth-order valence-electron chi connectivity index (χ4n) is 0.783. The van der Waals surface area contributed by atoms with Crippen molar-refractivity contribution >= 4 is 12.4 Å². The van der Waals surface area contributed by atoms with Crippen LogP contribution in [0.1, 0.15) is 12.6 Å². The summed E-state index contributed by atoms with van der Waals surface area (Å²) >= 11 is 0. The standard InChI is InChI=1S/C7H9NO2.ClH/c1-2-5-7(10)6(9)3-4-8-5;/h3-4,10H,2H2,1H3,(H,8,9);1H. The minimum atomic E-state index is -0.324. The number of aromatic amines is 1. The van der Waals surface area contributed by atoms with Crippen LogP contribution in [0.4, 0.5) is 0 Å². The number of pyridine rings is 1. The summed E-state index contributed by atoms with van der Waals surface area (Å²) in [4.78, 5) is 13.5. The van der Waals surface area contributed by atoms with E-state index in [1.807, 2.05) is 6.92 Å². The Balaban J connectivity index is 0.000001000. The van der Waals surface area contributed by atoms with Crippen molar-refractivity contribution in [2.24, 2.45) is 0 Å². The lowest BCUT2D eigenvalue weighted by Gasteiger charge is -1.97. The zero-order valence-electron chi connectivity index (χ0n) is 6.13. The van der Waals surface area contributed by atoms with Gasteiger partial charge in [0.05, 0.1) is 5.69 Å². The molecule has 0 amide bonds. The second-order valence-electron chi connectivity index (χ2n) is 2.02. The Hall–Kier alpha value is -0.960. The van der Waals surface area contributed by atoms with Crippen LogP contribution in [0, 0.1) is 0 Å². The molecule has 0 fully saturated rings. The van der Waals surface area contributed by atoms with Crippen molar-refractivity contribution in [1.82, 2.24) is 4.98 Å². The Morgan fingerprint density at radius 2 is 2.27 bits per heavy atom. The molecule has 0 aliphatic rings. The number of hydrogen-bond donors (Lipinski definition) is 2. The number of rotatable bonds is 1. The van der Waals surface area contributed by atoms with Crippen molar-refractivity contribution in [2.45, 2.75) is 13.3 Å². The molecule has 0 atom stereocenters. The second-order valence-corrected chi connectivity index (χ2v) is 2.02. The highest BCUT2D eigenvalue weighted by molar-refractivity contribution is 5.85. The SMILES string of the molecule is CCc1[nH]ccc(=O)c1O.Cl. The molecule has 4 heteroatoms. The van der Waals surface area contributed by atoms with Gasteiger partial charge in [-0.15, -0.1) is 12.4 Å². The molecular weight excluding hydrogens is 166 g/mol. The summed E-state index contributed by atoms with van der Waals surface area (Å²) in [6.45, 7) is 1.87. The molecule has 11 heavy (non-hydrogen) atoms. The first-order valence-electron chi connectivity index (χ1n) is 3.15. The van der Waals surface area contributed by atoms with Crippen LogP contribution in [0.2, 0.25) is 0 Å². The normalized spacial score (nSPS) is 8.82. The van der Waals surface area contributed by atoms with E-state index in [9.17, 15) is 4.79 Å². The maximum Gasteiger partial charge on any atom is 0.223 e. The lowest BCUT2D eigenvalue weighted by atomic mass is 10.3. The molecule has 3 nitrogen and oxygen atoms in total. The summed E-state index contributed by atoms with van der Waals surface area (Å²) < 4.78 is 0. The summed E-state index contributed by atoms with van der Waals surface area (Å²) in [6, 6.07) is 1.30. The van der Waals surface area contributed by atoms with Crippen molar-refractivity contribution in [3.8, 4) is 5.75 Å². The van der Waals surface area contributed by atoms with Crippen LogP contribution in [0.5, 0.6) is 5.75 Å². The fraction of sp³-hybridized carbons (Fsp3) is 0.286. The topological polar surface area (TPSA) is 53.1 Å². The summed E-state index contributed by atoms with van der Waals surface area (Å²) in [5, 5.41) is 9.05. The number of aromatic nitrogens is 1. The van der Waals surface area contributed by atoms with Crippen molar-refractivity contribution in [1.29, 1.82) is 0 Å². The number of halogens is 1. The van der Waals surface area contributed by atoms with Gasteiger partial charge in [0, 0.05) is 12.3 Å². The average Bonchev–Trinajstić information content (AvgIpc) is 1.95. The highest BCUT2D eigenvalue weighted by Gasteiger charge is 1.99. The Kier molecular flexibility index (Phi) is 3.68. The Bertz CT molecular complexity index is 282. The number of aryl methyl sites for hydroxylation is 1. The predicted octanol–water partition coefficient (Wildman–Crippen LogP) is 1.06. The third-order valence-corrected chi connectivity index (χ3v) is 1.37. The van der Waals surface area contributed by atoms with E-state index < -0.39 is 0 Å². The van der Waals surface area contributed by atoms with E-state index >= 15 is 0 Å². The molecular formula is C7H10ClNO2. The molecule has 1 aromatic heterocycles. The third-order valence-electron chi connectivity index (χ3n) is 1.37. The smallest absolute Gasteiger partial charge is 0.223 e. The number of hydrogen-bond acceptors (Lipinski definition) is 2. The third kappa shape index (κ3) is 1.98. The first-order chi connectivity index (χ1) is 4.75. The minimum absolute atomic E-state index is 0. The van der Waals surface area contributed by atoms with Gasteiger partial charge in [0.15, 0.2) is 5.75 Å². The molecule has 1 rings (SSSR count). The van der Waals surface area contributed by atoms with Crippen LogP contribution >= 0.6 is 12.4 Å². The van der Waals surface area contributed by atoms with E-state index in [0.717, 1.165) is 0 Å². The fourth-order valence-corrected chi connectivity index (χ4v) is 0.783. The van der Waals surface area contributed by atoms with E-state index in [1.165, 1.54) is 12.3 Å². The molecule has 0 bridgehead atoms. The number of H-pyrrole nitrogens is 1. The lowest BCUT2D eigenvalue weighted by molar-refractivity contribution is 0.459. The van der Waals surface area contributed by atoms with Gasteiger partial charge in [0.1, 0.15) is 0 Å². The first kappa shape index (κ1) is 10.0. The highest BCUT2D eigenvalue weighted by Crippen LogP contribution is 2.05. The zero-order valence-corrected chi connectivity index (χ0v) is 6.94. The largest absolute Gasteiger partial charge is 0.503 e. The molecule has 0 saturated carbocycles. The van der Waals surface area contributed by atoms with Gasteiger partial charge in [-0.05, 0) is 6.42 Å². The molecule has 0 aliphatic carbocycles. The summed E-state index contributed by atoms with van der Waals surface area (Å²) in [5.41, 5.74) is 0.267. The first-order valence-corrected chi connectivity index (χ1v) is 3.15. The van der Waals surface area contributed by atoms with E-state index in [0.29, 0.717) is 12.1 Å². The summed E-state index contributed by atoms with van der Waals surface area (Å²) in [7, 11) is 0. The highest BCUT2D eigenvalue weighted by atomic mass is 35.5. The minimum Gasteiger partial charge on any atom is -0.503 e. The molecule has 2 N–H and O–H groups in total. The molecule has 0 aliphatic heterocycles. The van der Waals surface area contributed by atoms with E-state index in [-0.39, 0.29) is 23.6 Å². The second kappa shape index (κ2) is 4.03. The molecule has 0 aromatic carbocycles. The maximum absolute atomic E-state index is 10.7. The molecule has 62 valence electrons. The maximum atomic E-state index is 10.7. The molecule has 0 saturated heterocycles. The zero-order chi connectivity index (χ0) is 7.56. The quantitative estimate of drug-likeness (QED) is 0.671. The van der Waals surface area contributed by atoms with Gasteiger partial charge < -0.3 is 10.1 Å². The van der Waals surface area contributed by atoms with Crippen LogP contribution in [0.15, 0.2) is 17.1 Å². The van der Waals surface area contributed by atoms with Gasteiger partial charge in [-0.3, -0.25) is 4.79 Å². The molecule has 0 spiro atoms. The molecule has 0 radical (unpaired) electrons. The van der Waals surface area contributed by atoms with Crippen molar-refractivity contribution < 1.29 is 5.11 Å². The van der Waals surface area contributed by atoms with Crippen molar-refractivity contribution in [3.63, 3.8) is 0 Å². The van der Waals surface area contributed by atoms with Gasteiger partial charge >= 0.3 is 0 Å². The average molecular weight is 176 g/mol. The van der Waals surface area contributed by atoms with Crippen molar-refractivity contribution in [2.75, 3.05) is 0 Å². The number of aromatic hydroxyl groups is 1. The molecule has 1 aromatic rings. The Morgan fingerprint density at radius 1 is 1.64 bits per heavy atom. The van der Waals surface area contributed by atoms with Gasteiger partial charge in [0.25, 0.3) is 0 Å². The Morgan fingerprint density at radius 3 is 2.73 bits per heavy atom. The number of nitrogens with one attached hydrogen (secondary N) is 1. The monoisotopic (exact) mass is 175 g/mol. The summed E-state index contributed by atoms with van der Waals surface area (Å²) in [5.74, 6) is -0.162. The van der Waals surface area contributed by atoms with Crippen LogP contribution in [0.25, 0.3) is 0 Å². The van der Waals surface area contributed by atoms with Crippen LogP contribution in [-0.2, 0) is 6.42 Å². The van der Waals surface area contributed by atoms with Gasteiger partial charge in [-0.1, -0.05) is 6.92 Å². The van der Waals surface area contributed by atoms with Crippen LogP contribution < -0.4 is 5.43 Å². The lowest BCUT2D eigenvalue weighted by Crippen LogP contribution is -2.02. The summed E-state index contributed by atoms with van der Waals surface area (Å²) in [6.07, 6.45) is 2.17. The molecule has 0 unspecified atom stereocenters. The van der Waals surface area contributed by atoms with E-state index in [1.54, 1.807) is 0 Å². The van der Waals surface area contributed by atoms with Gasteiger partial charge in [0.2, 0.25) is 5.43 Å². The van der Waals surface area contributed by atoms with Gasteiger partial charge in [-0.2, -0.15) is 0 Å². The van der Waals surface area contributed by atoms with Crippen LogP contribution in [0.3, 0.4) is 0 Å². The van der Waals surface area contributed by atoms with E-state index in [4.69, 9.17) is 5.11 Å². The predicted molar refractivity (Wildman–Crippen MR) is 45.4 cm³/mol. The van der Waals surface area contributed by atoms with E-state index in [2.05, 4.69) is 4.98 Å². The Labute approximate surface area is 70.5 Å². The van der Waals surface area contributed by atoms with Crippen LogP contribution in [-0.4, -0.2) is 10.1 Å². The van der Waals surface area contributed by atoms with Crippen molar-refractivity contribution in [3.05, 3.63) is 28.2 Å². The van der Waals surface area contributed by atoms with Gasteiger partial charge in [-0.25, -0.2) is 0 Å².